The van der Waals surface area contributed by atoms with Crippen LogP contribution in [0.1, 0.15) is 24.3 Å². The first-order valence-corrected chi connectivity index (χ1v) is 15.5. The van der Waals surface area contributed by atoms with Crippen molar-refractivity contribution in [1.29, 1.82) is 0 Å². The van der Waals surface area contributed by atoms with E-state index in [-0.39, 0.29) is 5.92 Å². The Hall–Kier alpha value is -5.82. The third-order valence-corrected chi connectivity index (χ3v) is 9.52. The van der Waals surface area contributed by atoms with Gasteiger partial charge >= 0.3 is 0 Å². The maximum absolute atomic E-state index is 5.11. The fourth-order valence-corrected chi connectivity index (χ4v) is 7.60. The van der Waals surface area contributed by atoms with Crippen molar-refractivity contribution in [3.05, 3.63) is 128 Å². The number of anilines is 2. The number of para-hydroxylation sites is 2. The molecule has 0 saturated carbocycles. The molecule has 45 heavy (non-hydrogen) atoms. The number of pyridine rings is 3. The average Bonchev–Trinajstić information content (AvgIpc) is 3.74. The zero-order valence-electron chi connectivity index (χ0n) is 24.4. The summed E-state index contributed by atoms with van der Waals surface area (Å²) < 4.78 is 4.62. The monoisotopic (exact) mass is 581 g/mol. The van der Waals surface area contributed by atoms with E-state index < -0.39 is 0 Å². The van der Waals surface area contributed by atoms with Gasteiger partial charge < -0.3 is 9.13 Å². The summed E-state index contributed by atoms with van der Waals surface area (Å²) in [4.78, 5) is 21.3. The molecule has 0 fully saturated rings. The minimum absolute atomic E-state index is 0.275. The van der Waals surface area contributed by atoms with E-state index in [1.807, 2.05) is 31.0 Å². The summed E-state index contributed by atoms with van der Waals surface area (Å²) in [7, 11) is 0. The molecule has 8 aromatic rings. The van der Waals surface area contributed by atoms with Gasteiger partial charge in [0, 0.05) is 64.5 Å². The van der Waals surface area contributed by atoms with Crippen molar-refractivity contribution in [2.45, 2.75) is 18.8 Å². The number of aliphatic imine (C=N–C) groups is 1. The van der Waals surface area contributed by atoms with E-state index in [1.54, 1.807) is 0 Å². The van der Waals surface area contributed by atoms with Crippen molar-refractivity contribution in [3.8, 4) is 11.4 Å². The molecule has 7 heterocycles. The zero-order valence-corrected chi connectivity index (χ0v) is 24.4. The second kappa shape index (κ2) is 9.34. The second-order valence-electron chi connectivity index (χ2n) is 11.9. The van der Waals surface area contributed by atoms with Crippen molar-refractivity contribution in [3.63, 3.8) is 0 Å². The van der Waals surface area contributed by atoms with Crippen LogP contribution in [0.2, 0.25) is 0 Å². The average molecular weight is 582 g/mol. The van der Waals surface area contributed by atoms with E-state index in [0.717, 1.165) is 75.4 Å². The van der Waals surface area contributed by atoms with E-state index in [9.17, 15) is 0 Å². The molecule has 5 aromatic heterocycles. The number of hydrogen-bond donors (Lipinski definition) is 0. The molecule has 0 amide bonds. The highest BCUT2D eigenvalue weighted by atomic mass is 15.3. The van der Waals surface area contributed by atoms with Crippen LogP contribution in [-0.4, -0.2) is 36.5 Å². The summed E-state index contributed by atoms with van der Waals surface area (Å²) >= 11 is 0. The van der Waals surface area contributed by atoms with Gasteiger partial charge in [-0.1, -0.05) is 42.5 Å². The molecule has 7 nitrogen and oxygen atoms in total. The number of aromatic nitrogens is 5. The Morgan fingerprint density at radius 3 is 1.93 bits per heavy atom. The first-order valence-electron chi connectivity index (χ1n) is 15.5. The quantitative estimate of drug-likeness (QED) is 0.210. The summed E-state index contributed by atoms with van der Waals surface area (Å²) in [5, 5.41) is 4.68. The van der Waals surface area contributed by atoms with E-state index in [0.29, 0.717) is 0 Å². The first-order chi connectivity index (χ1) is 22.3. The predicted molar refractivity (Wildman–Crippen MR) is 181 cm³/mol. The van der Waals surface area contributed by atoms with E-state index in [2.05, 4.69) is 115 Å². The summed E-state index contributed by atoms with van der Waals surface area (Å²) in [6.45, 7) is 0.844. The van der Waals surface area contributed by atoms with Gasteiger partial charge in [0.05, 0.1) is 39.6 Å². The van der Waals surface area contributed by atoms with Crippen LogP contribution in [0.3, 0.4) is 0 Å². The Morgan fingerprint density at radius 2 is 1.24 bits per heavy atom. The normalized spacial score (nSPS) is 16.0. The maximum Gasteiger partial charge on any atom is 0.138 e. The molecule has 2 aliphatic rings. The van der Waals surface area contributed by atoms with Gasteiger partial charge in [-0.3, -0.25) is 19.9 Å². The van der Waals surface area contributed by atoms with Gasteiger partial charge in [-0.15, -0.1) is 0 Å². The molecule has 1 unspecified atom stereocenters. The van der Waals surface area contributed by atoms with Crippen molar-refractivity contribution in [2.24, 2.45) is 4.99 Å². The Bertz CT molecular complexity index is 2380. The Labute approximate surface area is 258 Å². The lowest BCUT2D eigenvalue weighted by molar-refractivity contribution is 0.678. The number of benzene rings is 3. The lowest BCUT2D eigenvalue weighted by Crippen LogP contribution is -2.27. The molecule has 0 radical (unpaired) electrons. The van der Waals surface area contributed by atoms with E-state index >= 15 is 0 Å². The number of nitrogens with zero attached hydrogens (tertiary/aromatic N) is 7. The fourth-order valence-electron chi connectivity index (χ4n) is 7.60. The van der Waals surface area contributed by atoms with Crippen LogP contribution in [0, 0.1) is 0 Å². The number of rotatable bonds is 3. The third-order valence-electron chi connectivity index (χ3n) is 9.52. The molecular weight excluding hydrogens is 554 g/mol. The second-order valence-corrected chi connectivity index (χ2v) is 11.9. The maximum atomic E-state index is 5.11. The standard InChI is InChI=1S/C38H27N7/c1-3-9-32-26(6-1)30-22-39-18-15-34(30)43(32)24-11-13-28-29-8-5-17-41-38(29)45(36(28)20-24)37-14-12-25(21-42-37)44-33-10-4-2-7-27(33)31-23-40-19-16-35(31)44/h1-4,6-7,9-16,18-23,29H,5,8,17H2. The summed E-state index contributed by atoms with van der Waals surface area (Å²) in [5.41, 5.74) is 9.19. The van der Waals surface area contributed by atoms with Crippen LogP contribution in [-0.2, 0) is 0 Å². The van der Waals surface area contributed by atoms with Crippen LogP contribution in [0.4, 0.5) is 11.5 Å². The summed E-state index contributed by atoms with van der Waals surface area (Å²) in [5.74, 6) is 2.26. The summed E-state index contributed by atoms with van der Waals surface area (Å²) in [6.07, 6.45) is 11.8. The lowest BCUT2D eigenvalue weighted by Gasteiger charge is -2.24. The lowest BCUT2D eigenvalue weighted by atomic mass is 9.93. The van der Waals surface area contributed by atoms with Gasteiger partial charge in [-0.25, -0.2) is 4.98 Å². The van der Waals surface area contributed by atoms with Gasteiger partial charge in [-0.2, -0.15) is 0 Å². The summed E-state index contributed by atoms with van der Waals surface area (Å²) in [6, 6.07) is 32.4. The molecule has 0 spiro atoms. The van der Waals surface area contributed by atoms with Crippen molar-refractivity contribution >= 4 is 61.0 Å². The molecular formula is C38H27N7. The van der Waals surface area contributed by atoms with Gasteiger partial charge in [-0.05, 0) is 66.9 Å². The van der Waals surface area contributed by atoms with Gasteiger partial charge in [0.1, 0.15) is 11.7 Å². The Kier molecular flexibility index (Phi) is 5.11. The molecule has 214 valence electrons. The molecule has 7 heteroatoms. The molecule has 0 bridgehead atoms. The van der Waals surface area contributed by atoms with Crippen molar-refractivity contribution in [1.82, 2.24) is 24.1 Å². The SMILES string of the molecule is c1ccc2c(c1)c1cnccc1n2-c1ccc(N2C3=NCCCC3c3ccc(-n4c5ccccc5c5cnccc54)cc32)nc1. The van der Waals surface area contributed by atoms with Gasteiger partial charge in [0.2, 0.25) is 0 Å². The highest BCUT2D eigenvalue weighted by molar-refractivity contribution is 6.14. The largest absolute Gasteiger partial charge is 0.309 e. The smallest absolute Gasteiger partial charge is 0.138 e. The first kappa shape index (κ1) is 24.6. The predicted octanol–water partition coefficient (Wildman–Crippen LogP) is 8.49. The van der Waals surface area contributed by atoms with Crippen LogP contribution < -0.4 is 4.90 Å². The minimum atomic E-state index is 0.275. The highest BCUT2D eigenvalue weighted by Crippen LogP contribution is 2.47. The van der Waals surface area contributed by atoms with Crippen LogP contribution >= 0.6 is 0 Å². The van der Waals surface area contributed by atoms with Crippen LogP contribution in [0.25, 0.3) is 55.0 Å². The Morgan fingerprint density at radius 1 is 0.600 bits per heavy atom. The van der Waals surface area contributed by atoms with Gasteiger partial charge in [0.25, 0.3) is 0 Å². The van der Waals surface area contributed by atoms with E-state index in [1.165, 1.54) is 21.9 Å². The van der Waals surface area contributed by atoms with Crippen molar-refractivity contribution < 1.29 is 0 Å². The molecule has 1 atom stereocenters. The number of amidine groups is 1. The van der Waals surface area contributed by atoms with Crippen LogP contribution in [0.5, 0.6) is 0 Å². The Balaban J connectivity index is 1.14. The molecule has 3 aromatic carbocycles. The number of fused-ring (bicyclic) bond motifs is 9. The van der Waals surface area contributed by atoms with Crippen molar-refractivity contribution in [2.75, 3.05) is 11.4 Å². The zero-order chi connectivity index (χ0) is 29.5. The topological polar surface area (TPSA) is 64.1 Å². The number of hydrogen-bond acceptors (Lipinski definition) is 5. The molecule has 0 saturated heterocycles. The molecule has 10 rings (SSSR count). The molecule has 0 N–H and O–H groups in total. The van der Waals surface area contributed by atoms with Gasteiger partial charge in [0.15, 0.2) is 0 Å². The third kappa shape index (κ3) is 3.46. The van der Waals surface area contributed by atoms with E-state index in [4.69, 9.17) is 9.98 Å². The molecule has 0 aliphatic carbocycles. The molecule has 2 aliphatic heterocycles. The van der Waals surface area contributed by atoms with Crippen LogP contribution in [0.15, 0.2) is 127 Å². The fraction of sp³-hybridized carbons (Fsp3) is 0.105. The highest BCUT2D eigenvalue weighted by Gasteiger charge is 2.38. The minimum Gasteiger partial charge on any atom is -0.309 e.